The third-order valence-electron chi connectivity index (χ3n) is 3.30. The molecule has 4 nitrogen and oxygen atoms in total. The molecule has 0 fully saturated rings. The molecule has 2 rings (SSSR count). The number of esters is 1. The van der Waals surface area contributed by atoms with Gasteiger partial charge in [-0.05, 0) is 31.0 Å². The molecular weight excluding hydrogens is 280 g/mol. The molecule has 2 aromatic rings. The summed E-state index contributed by atoms with van der Waals surface area (Å²) in [6.07, 6.45) is 0.195. The van der Waals surface area contributed by atoms with E-state index in [9.17, 15) is 14.7 Å². The van der Waals surface area contributed by atoms with Gasteiger partial charge in [-0.3, -0.25) is 9.59 Å². The molecule has 0 saturated heterocycles. The Kier molecular flexibility index (Phi) is 5.31. The van der Waals surface area contributed by atoms with Gasteiger partial charge in [0.05, 0.1) is 6.61 Å². The van der Waals surface area contributed by atoms with Crippen molar-refractivity contribution in [2.75, 3.05) is 6.61 Å². The first-order valence-corrected chi connectivity index (χ1v) is 7.15. The maximum atomic E-state index is 12.6. The van der Waals surface area contributed by atoms with Gasteiger partial charge in [-0.15, -0.1) is 0 Å². The average molecular weight is 298 g/mol. The average Bonchev–Trinajstić information content (AvgIpc) is 2.53. The van der Waals surface area contributed by atoms with E-state index in [2.05, 4.69) is 0 Å². The summed E-state index contributed by atoms with van der Waals surface area (Å²) in [5.41, 5.74) is 1.18. The molecule has 0 amide bonds. The van der Waals surface area contributed by atoms with Gasteiger partial charge in [0.2, 0.25) is 0 Å². The molecule has 22 heavy (non-hydrogen) atoms. The van der Waals surface area contributed by atoms with Crippen LogP contribution in [-0.2, 0) is 16.0 Å². The summed E-state index contributed by atoms with van der Waals surface area (Å²) in [4.78, 5) is 24.7. The minimum Gasteiger partial charge on any atom is -0.508 e. The molecule has 0 aliphatic carbocycles. The van der Waals surface area contributed by atoms with Gasteiger partial charge in [0, 0.05) is 5.56 Å². The van der Waals surface area contributed by atoms with Crippen LogP contribution in [0.5, 0.6) is 5.75 Å². The minimum absolute atomic E-state index is 0.104. The standard InChI is InChI=1S/C18H18O4/c1-2-22-18(21)16(12-13-7-6-10-15(19)11-13)17(20)14-8-4-3-5-9-14/h3-11,16,19H,2,12H2,1H3/t16-/m1/s1. The molecule has 114 valence electrons. The first-order chi connectivity index (χ1) is 10.6. The lowest BCUT2D eigenvalue weighted by Crippen LogP contribution is -2.28. The van der Waals surface area contributed by atoms with Gasteiger partial charge in [-0.2, -0.15) is 0 Å². The second kappa shape index (κ2) is 7.41. The van der Waals surface area contributed by atoms with E-state index in [-0.39, 0.29) is 24.6 Å². The highest BCUT2D eigenvalue weighted by Gasteiger charge is 2.29. The second-order valence-corrected chi connectivity index (χ2v) is 4.91. The molecular formula is C18H18O4. The Balaban J connectivity index is 2.26. The fourth-order valence-electron chi connectivity index (χ4n) is 2.25. The molecule has 0 aliphatic heterocycles. The quantitative estimate of drug-likeness (QED) is 0.506. The van der Waals surface area contributed by atoms with Gasteiger partial charge in [0.15, 0.2) is 5.78 Å². The number of hydrogen-bond acceptors (Lipinski definition) is 4. The number of ether oxygens (including phenoxy) is 1. The number of aromatic hydroxyl groups is 1. The monoisotopic (exact) mass is 298 g/mol. The molecule has 2 aromatic carbocycles. The molecule has 1 N–H and O–H groups in total. The summed E-state index contributed by atoms with van der Waals surface area (Å²) in [5.74, 6) is -1.63. The highest BCUT2D eigenvalue weighted by molar-refractivity contribution is 6.08. The maximum absolute atomic E-state index is 12.6. The Bertz CT molecular complexity index is 649. The van der Waals surface area contributed by atoms with Gasteiger partial charge in [-0.1, -0.05) is 42.5 Å². The van der Waals surface area contributed by atoms with Crippen LogP contribution in [0.25, 0.3) is 0 Å². The Morgan fingerprint density at radius 2 is 1.82 bits per heavy atom. The second-order valence-electron chi connectivity index (χ2n) is 4.91. The highest BCUT2D eigenvalue weighted by atomic mass is 16.5. The lowest BCUT2D eigenvalue weighted by Gasteiger charge is -2.15. The Hall–Kier alpha value is -2.62. The number of benzene rings is 2. The number of ketones is 1. The zero-order valence-electron chi connectivity index (χ0n) is 12.4. The molecule has 0 bridgehead atoms. The largest absolute Gasteiger partial charge is 0.508 e. The summed E-state index contributed by atoms with van der Waals surface area (Å²) >= 11 is 0. The van der Waals surface area contributed by atoms with Gasteiger partial charge < -0.3 is 9.84 Å². The topological polar surface area (TPSA) is 63.6 Å². The van der Waals surface area contributed by atoms with Crippen LogP contribution in [0.4, 0.5) is 0 Å². The Morgan fingerprint density at radius 3 is 2.45 bits per heavy atom. The Morgan fingerprint density at radius 1 is 1.09 bits per heavy atom. The number of rotatable bonds is 6. The van der Waals surface area contributed by atoms with Crippen LogP contribution in [0.2, 0.25) is 0 Å². The number of Topliss-reactive ketones (excluding diaryl/α,β-unsaturated/α-hetero) is 1. The van der Waals surface area contributed by atoms with Crippen molar-refractivity contribution in [3.05, 3.63) is 65.7 Å². The number of phenolic OH excluding ortho intramolecular Hbond substituents is 1. The molecule has 0 aromatic heterocycles. The van der Waals surface area contributed by atoms with Crippen LogP contribution >= 0.6 is 0 Å². The van der Waals surface area contributed by atoms with Crippen LogP contribution in [0.3, 0.4) is 0 Å². The zero-order chi connectivity index (χ0) is 15.9. The van der Waals surface area contributed by atoms with Crippen molar-refractivity contribution in [3.63, 3.8) is 0 Å². The Labute approximate surface area is 129 Å². The number of hydrogen-bond donors (Lipinski definition) is 1. The lowest BCUT2D eigenvalue weighted by molar-refractivity contribution is -0.146. The van der Waals surface area contributed by atoms with Gasteiger partial charge in [0.1, 0.15) is 11.7 Å². The van der Waals surface area contributed by atoms with Gasteiger partial charge in [-0.25, -0.2) is 0 Å². The predicted molar refractivity (Wildman–Crippen MR) is 82.7 cm³/mol. The van der Waals surface area contributed by atoms with E-state index < -0.39 is 11.9 Å². The molecule has 4 heteroatoms. The van der Waals surface area contributed by atoms with Crippen molar-refractivity contribution < 1.29 is 19.4 Å². The first-order valence-electron chi connectivity index (χ1n) is 7.15. The lowest BCUT2D eigenvalue weighted by atomic mass is 9.91. The van der Waals surface area contributed by atoms with Crippen LogP contribution in [-0.4, -0.2) is 23.5 Å². The van der Waals surface area contributed by atoms with Crippen LogP contribution < -0.4 is 0 Å². The van der Waals surface area contributed by atoms with Crippen molar-refractivity contribution in [2.24, 2.45) is 5.92 Å². The fraction of sp³-hybridized carbons (Fsp3) is 0.222. The van der Waals surface area contributed by atoms with Crippen molar-refractivity contribution in [1.82, 2.24) is 0 Å². The van der Waals surface area contributed by atoms with Crippen molar-refractivity contribution in [1.29, 1.82) is 0 Å². The van der Waals surface area contributed by atoms with E-state index in [1.807, 2.05) is 6.07 Å². The zero-order valence-corrected chi connectivity index (χ0v) is 12.4. The third-order valence-corrected chi connectivity index (χ3v) is 3.30. The number of phenols is 1. The summed E-state index contributed by atoms with van der Waals surface area (Å²) in [6, 6.07) is 15.2. The van der Waals surface area contributed by atoms with Crippen molar-refractivity contribution in [3.8, 4) is 5.75 Å². The van der Waals surface area contributed by atoms with Crippen LogP contribution in [0.1, 0.15) is 22.8 Å². The maximum Gasteiger partial charge on any atom is 0.317 e. The van der Waals surface area contributed by atoms with E-state index in [4.69, 9.17) is 4.74 Å². The van der Waals surface area contributed by atoms with E-state index in [1.165, 1.54) is 0 Å². The molecule has 0 unspecified atom stereocenters. The molecule has 0 heterocycles. The summed E-state index contributed by atoms with van der Waals surface area (Å²) in [7, 11) is 0. The van der Waals surface area contributed by atoms with Gasteiger partial charge in [0.25, 0.3) is 0 Å². The highest BCUT2D eigenvalue weighted by Crippen LogP contribution is 2.19. The fourth-order valence-corrected chi connectivity index (χ4v) is 2.25. The first kappa shape index (κ1) is 15.8. The minimum atomic E-state index is -0.913. The number of carbonyl (C=O) groups excluding carboxylic acids is 2. The third kappa shape index (κ3) is 3.95. The summed E-state index contributed by atoms with van der Waals surface area (Å²) < 4.78 is 5.03. The smallest absolute Gasteiger partial charge is 0.317 e. The number of carbonyl (C=O) groups is 2. The predicted octanol–water partition coefficient (Wildman–Crippen LogP) is 3.00. The molecule has 0 spiro atoms. The summed E-state index contributed by atoms with van der Waals surface area (Å²) in [5, 5.41) is 9.52. The molecule has 0 aliphatic rings. The van der Waals surface area contributed by atoms with Crippen LogP contribution in [0.15, 0.2) is 54.6 Å². The van der Waals surface area contributed by atoms with Crippen LogP contribution in [0, 0.1) is 5.92 Å². The van der Waals surface area contributed by atoms with E-state index in [0.29, 0.717) is 11.1 Å². The van der Waals surface area contributed by atoms with E-state index >= 15 is 0 Å². The van der Waals surface area contributed by atoms with Crippen molar-refractivity contribution in [2.45, 2.75) is 13.3 Å². The van der Waals surface area contributed by atoms with E-state index in [0.717, 1.165) is 0 Å². The van der Waals surface area contributed by atoms with E-state index in [1.54, 1.807) is 55.5 Å². The molecule has 1 atom stereocenters. The van der Waals surface area contributed by atoms with Gasteiger partial charge >= 0.3 is 5.97 Å². The van der Waals surface area contributed by atoms with Crippen molar-refractivity contribution >= 4 is 11.8 Å². The molecule has 0 saturated carbocycles. The summed E-state index contributed by atoms with van der Waals surface area (Å²) in [6.45, 7) is 1.92. The molecule has 0 radical (unpaired) electrons. The SMILES string of the molecule is CCOC(=O)[C@H](Cc1cccc(O)c1)C(=O)c1ccccc1. The normalized spacial score (nSPS) is 11.7.